The Bertz CT molecular complexity index is 1160. The molecule has 1 aliphatic rings. The average molecular weight is 358 g/mol. The number of nitrogens with zero attached hydrogens (tertiary/aromatic N) is 4. The second-order valence-corrected chi connectivity index (χ2v) is 6.75. The van der Waals surface area contributed by atoms with E-state index in [1.807, 2.05) is 42.5 Å². The van der Waals surface area contributed by atoms with Crippen molar-refractivity contribution in [2.24, 2.45) is 0 Å². The van der Waals surface area contributed by atoms with Gasteiger partial charge in [-0.1, -0.05) is 35.5 Å². The molecule has 6 heteroatoms. The first-order valence-electron chi connectivity index (χ1n) is 9.09. The predicted octanol–water partition coefficient (Wildman–Crippen LogP) is 3.64. The zero-order chi connectivity index (χ0) is 18.2. The molecule has 0 bridgehead atoms. The molecule has 1 aliphatic heterocycles. The van der Waals surface area contributed by atoms with Gasteiger partial charge in [-0.3, -0.25) is 0 Å². The Morgan fingerprint density at radius 2 is 1.78 bits per heavy atom. The maximum atomic E-state index is 12.5. The molecule has 27 heavy (non-hydrogen) atoms. The van der Waals surface area contributed by atoms with Gasteiger partial charge < -0.3 is 9.32 Å². The van der Waals surface area contributed by atoms with Crippen molar-refractivity contribution in [1.29, 1.82) is 0 Å². The van der Waals surface area contributed by atoms with E-state index in [-0.39, 0.29) is 0 Å². The van der Waals surface area contributed by atoms with E-state index in [1.165, 1.54) is 17.5 Å². The van der Waals surface area contributed by atoms with Crippen LogP contribution in [0.3, 0.4) is 0 Å². The van der Waals surface area contributed by atoms with Gasteiger partial charge >= 0.3 is 5.63 Å². The van der Waals surface area contributed by atoms with E-state index < -0.39 is 5.63 Å². The van der Waals surface area contributed by atoms with Crippen LogP contribution >= 0.6 is 0 Å². The first-order valence-corrected chi connectivity index (χ1v) is 9.09. The summed E-state index contributed by atoms with van der Waals surface area (Å²) in [6.45, 7) is 2.10. The van der Waals surface area contributed by atoms with Crippen LogP contribution in [0.1, 0.15) is 12.8 Å². The average Bonchev–Trinajstić information content (AvgIpc) is 3.40. The lowest BCUT2D eigenvalue weighted by Gasteiger charge is -2.17. The standard InChI is InChI=1S/C21H18N4O2/c26-21-19(25-14-18(22-23-25)15-6-2-1-3-7-15)12-16-8-9-17(13-20(16)27-21)24-10-4-5-11-24/h1-3,6-9,12-14H,4-5,10-11H2. The summed E-state index contributed by atoms with van der Waals surface area (Å²) < 4.78 is 7.07. The Hall–Kier alpha value is -3.41. The second kappa shape index (κ2) is 6.39. The van der Waals surface area contributed by atoms with Gasteiger partial charge in [0.05, 0.1) is 6.20 Å². The number of benzene rings is 2. The molecule has 6 nitrogen and oxygen atoms in total. The summed E-state index contributed by atoms with van der Waals surface area (Å²) in [5.41, 5.74) is 3.28. The summed E-state index contributed by atoms with van der Waals surface area (Å²) in [5.74, 6) is 0. The lowest BCUT2D eigenvalue weighted by Crippen LogP contribution is -2.17. The number of fused-ring (bicyclic) bond motifs is 1. The van der Waals surface area contributed by atoms with Crippen LogP contribution in [0, 0.1) is 0 Å². The fourth-order valence-corrected chi connectivity index (χ4v) is 3.54. The molecule has 0 amide bonds. The lowest BCUT2D eigenvalue weighted by molar-refractivity contribution is 0.550. The third kappa shape index (κ3) is 2.89. The zero-order valence-corrected chi connectivity index (χ0v) is 14.7. The van der Waals surface area contributed by atoms with E-state index in [0.717, 1.165) is 29.7 Å². The van der Waals surface area contributed by atoms with Crippen molar-refractivity contribution in [1.82, 2.24) is 15.0 Å². The molecule has 0 atom stereocenters. The summed E-state index contributed by atoms with van der Waals surface area (Å²) in [6, 6.07) is 17.6. The Kier molecular flexibility index (Phi) is 3.74. The maximum Gasteiger partial charge on any atom is 0.362 e. The third-order valence-corrected chi connectivity index (χ3v) is 4.98. The van der Waals surface area contributed by atoms with E-state index in [9.17, 15) is 4.79 Å². The molecule has 3 heterocycles. The molecule has 0 unspecified atom stereocenters. The first-order chi connectivity index (χ1) is 13.3. The Balaban J connectivity index is 1.54. The third-order valence-electron chi connectivity index (χ3n) is 4.98. The topological polar surface area (TPSA) is 64.2 Å². The minimum absolute atomic E-state index is 0.353. The fourth-order valence-electron chi connectivity index (χ4n) is 3.54. The van der Waals surface area contributed by atoms with E-state index >= 15 is 0 Å². The molecule has 4 aromatic rings. The Morgan fingerprint density at radius 1 is 0.963 bits per heavy atom. The van der Waals surface area contributed by atoms with Crippen LogP contribution in [0.15, 0.2) is 70.0 Å². The molecule has 0 saturated carbocycles. The van der Waals surface area contributed by atoms with Crippen LogP contribution in [-0.4, -0.2) is 28.1 Å². The molecule has 1 saturated heterocycles. The number of rotatable bonds is 3. The van der Waals surface area contributed by atoms with Gasteiger partial charge in [-0.25, -0.2) is 9.48 Å². The summed E-state index contributed by atoms with van der Waals surface area (Å²) in [4.78, 5) is 14.9. The van der Waals surface area contributed by atoms with E-state index in [2.05, 4.69) is 21.3 Å². The SMILES string of the molecule is O=c1oc2cc(N3CCCC3)ccc2cc1-n1cc(-c2ccccc2)nn1. The van der Waals surface area contributed by atoms with Crippen molar-refractivity contribution >= 4 is 16.7 Å². The summed E-state index contributed by atoms with van der Waals surface area (Å²) in [7, 11) is 0. The van der Waals surface area contributed by atoms with Gasteiger partial charge in [-0.05, 0) is 31.0 Å². The first kappa shape index (κ1) is 15.8. The molecule has 2 aromatic heterocycles. The van der Waals surface area contributed by atoms with Crippen molar-refractivity contribution in [2.75, 3.05) is 18.0 Å². The number of hydrogen-bond acceptors (Lipinski definition) is 5. The van der Waals surface area contributed by atoms with Crippen molar-refractivity contribution in [3.8, 4) is 16.9 Å². The number of anilines is 1. The van der Waals surface area contributed by atoms with Crippen LogP contribution in [0.5, 0.6) is 0 Å². The van der Waals surface area contributed by atoms with E-state index in [1.54, 1.807) is 12.3 Å². The highest BCUT2D eigenvalue weighted by Crippen LogP contribution is 2.25. The van der Waals surface area contributed by atoms with Crippen LogP contribution in [0.4, 0.5) is 5.69 Å². The molecule has 1 fully saturated rings. The largest absolute Gasteiger partial charge is 0.421 e. The monoisotopic (exact) mass is 358 g/mol. The second-order valence-electron chi connectivity index (χ2n) is 6.75. The molecule has 0 N–H and O–H groups in total. The van der Waals surface area contributed by atoms with Crippen molar-refractivity contribution in [2.45, 2.75) is 12.8 Å². The Morgan fingerprint density at radius 3 is 2.59 bits per heavy atom. The minimum Gasteiger partial charge on any atom is -0.421 e. The maximum absolute atomic E-state index is 12.5. The van der Waals surface area contributed by atoms with E-state index in [0.29, 0.717) is 17.0 Å². The normalized spacial score (nSPS) is 14.1. The summed E-state index contributed by atoms with van der Waals surface area (Å²) in [6.07, 6.45) is 4.15. The van der Waals surface area contributed by atoms with Crippen molar-refractivity contribution < 1.29 is 4.42 Å². The summed E-state index contributed by atoms with van der Waals surface area (Å²) >= 11 is 0. The fraction of sp³-hybridized carbons (Fsp3) is 0.190. The molecule has 0 radical (unpaired) electrons. The minimum atomic E-state index is -0.425. The number of hydrogen-bond donors (Lipinski definition) is 0. The van der Waals surface area contributed by atoms with Crippen LogP contribution in [0.2, 0.25) is 0 Å². The van der Waals surface area contributed by atoms with E-state index in [4.69, 9.17) is 4.42 Å². The zero-order valence-electron chi connectivity index (χ0n) is 14.7. The van der Waals surface area contributed by atoms with Gasteiger partial charge in [0, 0.05) is 35.8 Å². The molecule has 134 valence electrons. The molecule has 2 aromatic carbocycles. The lowest BCUT2D eigenvalue weighted by atomic mass is 10.2. The van der Waals surface area contributed by atoms with Crippen molar-refractivity contribution in [3.05, 3.63) is 71.2 Å². The molecule has 0 spiro atoms. The van der Waals surface area contributed by atoms with Gasteiger partial charge in [0.25, 0.3) is 0 Å². The van der Waals surface area contributed by atoms with Gasteiger partial charge in [-0.2, -0.15) is 0 Å². The Labute approximate surface area is 155 Å². The molecular formula is C21H18N4O2. The van der Waals surface area contributed by atoms with Gasteiger partial charge in [-0.15, -0.1) is 5.10 Å². The highest BCUT2D eigenvalue weighted by molar-refractivity contribution is 5.82. The highest BCUT2D eigenvalue weighted by atomic mass is 16.4. The van der Waals surface area contributed by atoms with Crippen LogP contribution in [0.25, 0.3) is 27.9 Å². The quantitative estimate of drug-likeness (QED) is 0.523. The molecule has 0 aliphatic carbocycles. The highest BCUT2D eigenvalue weighted by Gasteiger charge is 2.15. The number of aromatic nitrogens is 3. The van der Waals surface area contributed by atoms with Crippen molar-refractivity contribution in [3.63, 3.8) is 0 Å². The van der Waals surface area contributed by atoms with Gasteiger partial charge in [0.1, 0.15) is 11.3 Å². The predicted molar refractivity (Wildman–Crippen MR) is 104 cm³/mol. The smallest absolute Gasteiger partial charge is 0.362 e. The van der Waals surface area contributed by atoms with Gasteiger partial charge in [0.15, 0.2) is 5.69 Å². The molecule has 5 rings (SSSR count). The molecular weight excluding hydrogens is 340 g/mol. The van der Waals surface area contributed by atoms with Gasteiger partial charge in [0.2, 0.25) is 0 Å². The summed E-state index contributed by atoms with van der Waals surface area (Å²) in [5, 5.41) is 9.15. The van der Waals surface area contributed by atoms with Crippen LogP contribution in [-0.2, 0) is 0 Å². The van der Waals surface area contributed by atoms with Crippen LogP contribution < -0.4 is 10.5 Å².